The van der Waals surface area contributed by atoms with Crippen LogP contribution in [0.4, 0.5) is 11.4 Å². The molecule has 6 nitrogen and oxygen atoms in total. The first-order valence-corrected chi connectivity index (χ1v) is 10.0. The quantitative estimate of drug-likeness (QED) is 0.855. The second-order valence-electron chi connectivity index (χ2n) is 7.92. The fourth-order valence-electron chi connectivity index (χ4n) is 3.98. The SMILES string of the molecule is Cc1cccc(C(C)C)c1N1CC(C(=O)Nc2ccc3c(c2)OCCO3)CC1=O. The lowest BCUT2D eigenvalue weighted by atomic mass is 9.97. The van der Waals surface area contributed by atoms with Crippen molar-refractivity contribution in [3.05, 3.63) is 47.5 Å². The molecule has 29 heavy (non-hydrogen) atoms. The lowest BCUT2D eigenvalue weighted by molar-refractivity contribution is -0.122. The summed E-state index contributed by atoms with van der Waals surface area (Å²) in [5.74, 6) is 1.04. The van der Waals surface area contributed by atoms with Gasteiger partial charge in [-0.05, 0) is 36.1 Å². The molecule has 0 spiro atoms. The van der Waals surface area contributed by atoms with E-state index in [4.69, 9.17) is 9.47 Å². The number of nitrogens with one attached hydrogen (secondary N) is 1. The molecule has 2 aromatic rings. The van der Waals surface area contributed by atoms with Crippen LogP contribution in [0.5, 0.6) is 11.5 Å². The molecular formula is C23H26N2O4. The van der Waals surface area contributed by atoms with Gasteiger partial charge >= 0.3 is 0 Å². The number of rotatable bonds is 4. The number of aryl methyl sites for hydroxylation is 1. The van der Waals surface area contributed by atoms with Crippen LogP contribution < -0.4 is 19.7 Å². The molecule has 1 fully saturated rings. The fraction of sp³-hybridized carbons (Fsp3) is 0.391. The Morgan fingerprint density at radius 3 is 2.66 bits per heavy atom. The monoisotopic (exact) mass is 394 g/mol. The van der Waals surface area contributed by atoms with Gasteiger partial charge < -0.3 is 19.7 Å². The van der Waals surface area contributed by atoms with Gasteiger partial charge in [0.25, 0.3) is 0 Å². The number of ether oxygens (including phenoxy) is 2. The molecule has 2 aliphatic heterocycles. The van der Waals surface area contributed by atoms with Crippen molar-refractivity contribution in [3.63, 3.8) is 0 Å². The van der Waals surface area contributed by atoms with E-state index in [1.807, 2.05) is 19.1 Å². The number of fused-ring (bicyclic) bond motifs is 1. The maximum absolute atomic E-state index is 12.8. The van der Waals surface area contributed by atoms with Crippen molar-refractivity contribution in [3.8, 4) is 11.5 Å². The van der Waals surface area contributed by atoms with Gasteiger partial charge in [-0.2, -0.15) is 0 Å². The summed E-state index contributed by atoms with van der Waals surface area (Å²) >= 11 is 0. The smallest absolute Gasteiger partial charge is 0.229 e. The lowest BCUT2D eigenvalue weighted by Gasteiger charge is -2.24. The maximum atomic E-state index is 12.8. The third-order valence-corrected chi connectivity index (χ3v) is 5.47. The number of hydrogen-bond acceptors (Lipinski definition) is 4. The number of nitrogens with zero attached hydrogens (tertiary/aromatic N) is 1. The van der Waals surface area contributed by atoms with Crippen molar-refractivity contribution >= 4 is 23.2 Å². The topological polar surface area (TPSA) is 67.9 Å². The third kappa shape index (κ3) is 3.79. The van der Waals surface area contributed by atoms with Crippen LogP contribution in [0, 0.1) is 12.8 Å². The second-order valence-corrected chi connectivity index (χ2v) is 7.92. The van der Waals surface area contributed by atoms with Crippen LogP contribution in [-0.4, -0.2) is 31.6 Å². The van der Waals surface area contributed by atoms with Crippen LogP contribution in [0.2, 0.25) is 0 Å². The molecular weight excluding hydrogens is 368 g/mol. The first-order chi connectivity index (χ1) is 13.9. The Bertz CT molecular complexity index is 954. The predicted molar refractivity (Wildman–Crippen MR) is 112 cm³/mol. The Labute approximate surface area is 170 Å². The van der Waals surface area contributed by atoms with Gasteiger partial charge in [-0.25, -0.2) is 0 Å². The van der Waals surface area contributed by atoms with Crippen LogP contribution in [0.15, 0.2) is 36.4 Å². The average molecular weight is 394 g/mol. The first-order valence-electron chi connectivity index (χ1n) is 10.0. The molecule has 0 radical (unpaired) electrons. The summed E-state index contributed by atoms with van der Waals surface area (Å²) < 4.78 is 11.1. The standard InChI is InChI=1S/C23H26N2O4/c1-14(2)18-6-4-5-15(3)22(18)25-13-16(11-21(25)26)23(27)24-17-7-8-19-20(12-17)29-10-9-28-19/h4-8,12,14,16H,9-11,13H2,1-3H3,(H,24,27). The van der Waals surface area contributed by atoms with E-state index in [0.29, 0.717) is 42.9 Å². The molecule has 152 valence electrons. The summed E-state index contributed by atoms with van der Waals surface area (Å²) in [7, 11) is 0. The Balaban J connectivity index is 1.51. The minimum absolute atomic E-state index is 0.0106. The number of carbonyl (C=O) groups excluding carboxylic acids is 2. The molecule has 0 saturated carbocycles. The van der Waals surface area contributed by atoms with Crippen LogP contribution in [-0.2, 0) is 9.59 Å². The highest BCUT2D eigenvalue weighted by Crippen LogP contribution is 2.36. The lowest BCUT2D eigenvalue weighted by Crippen LogP contribution is -2.29. The van der Waals surface area contributed by atoms with Crippen molar-refractivity contribution in [1.82, 2.24) is 0 Å². The Kier molecular flexibility index (Phi) is 5.18. The number of carbonyl (C=O) groups is 2. The summed E-state index contributed by atoms with van der Waals surface area (Å²) in [6, 6.07) is 11.4. The zero-order valence-electron chi connectivity index (χ0n) is 17.0. The Morgan fingerprint density at radius 2 is 1.90 bits per heavy atom. The van der Waals surface area contributed by atoms with E-state index in [1.54, 1.807) is 23.1 Å². The van der Waals surface area contributed by atoms with Gasteiger partial charge in [0.2, 0.25) is 11.8 Å². The summed E-state index contributed by atoms with van der Waals surface area (Å²) in [4.78, 5) is 27.4. The molecule has 0 aromatic heterocycles. The van der Waals surface area contributed by atoms with E-state index in [9.17, 15) is 9.59 Å². The summed E-state index contributed by atoms with van der Waals surface area (Å²) in [6.45, 7) is 7.65. The van der Waals surface area contributed by atoms with E-state index in [1.165, 1.54) is 0 Å². The average Bonchev–Trinajstić information content (AvgIpc) is 3.09. The molecule has 2 amide bonds. The Hall–Kier alpha value is -3.02. The van der Waals surface area contributed by atoms with Gasteiger partial charge in [-0.3, -0.25) is 9.59 Å². The van der Waals surface area contributed by atoms with Gasteiger partial charge in [-0.15, -0.1) is 0 Å². The minimum Gasteiger partial charge on any atom is -0.486 e. The van der Waals surface area contributed by atoms with Crippen LogP contribution in [0.3, 0.4) is 0 Å². The molecule has 6 heteroatoms. The van der Waals surface area contributed by atoms with Crippen LogP contribution >= 0.6 is 0 Å². The maximum Gasteiger partial charge on any atom is 0.229 e. The van der Waals surface area contributed by atoms with Gasteiger partial charge in [-0.1, -0.05) is 32.0 Å². The number of anilines is 2. The van der Waals surface area contributed by atoms with Gasteiger partial charge in [0, 0.05) is 30.4 Å². The van der Waals surface area contributed by atoms with Gasteiger partial charge in [0.15, 0.2) is 11.5 Å². The number of benzene rings is 2. The molecule has 1 unspecified atom stereocenters. The van der Waals surface area contributed by atoms with Crippen molar-refractivity contribution < 1.29 is 19.1 Å². The highest BCUT2D eigenvalue weighted by molar-refractivity contribution is 6.04. The zero-order chi connectivity index (χ0) is 20.5. The van der Waals surface area contributed by atoms with Crippen molar-refractivity contribution in [2.24, 2.45) is 5.92 Å². The Morgan fingerprint density at radius 1 is 1.14 bits per heavy atom. The minimum atomic E-state index is -0.393. The van der Waals surface area contributed by atoms with E-state index in [-0.39, 0.29) is 18.2 Å². The zero-order valence-corrected chi connectivity index (χ0v) is 17.0. The van der Waals surface area contributed by atoms with Crippen LogP contribution in [0.25, 0.3) is 0 Å². The molecule has 1 saturated heterocycles. The summed E-state index contributed by atoms with van der Waals surface area (Å²) in [5.41, 5.74) is 3.77. The summed E-state index contributed by atoms with van der Waals surface area (Å²) in [6.07, 6.45) is 0.211. The summed E-state index contributed by atoms with van der Waals surface area (Å²) in [5, 5.41) is 2.93. The first kappa shape index (κ1) is 19.3. The largest absolute Gasteiger partial charge is 0.486 e. The van der Waals surface area contributed by atoms with E-state index in [0.717, 1.165) is 16.8 Å². The highest BCUT2D eigenvalue weighted by atomic mass is 16.6. The van der Waals surface area contributed by atoms with E-state index < -0.39 is 5.92 Å². The van der Waals surface area contributed by atoms with Crippen molar-refractivity contribution in [1.29, 1.82) is 0 Å². The van der Waals surface area contributed by atoms with Gasteiger partial charge in [0.05, 0.1) is 5.92 Å². The molecule has 1 atom stereocenters. The third-order valence-electron chi connectivity index (χ3n) is 5.47. The molecule has 1 N–H and O–H groups in total. The molecule has 0 aliphatic carbocycles. The van der Waals surface area contributed by atoms with Crippen LogP contribution in [0.1, 0.15) is 37.3 Å². The molecule has 2 aliphatic rings. The normalized spacial score (nSPS) is 18.3. The highest BCUT2D eigenvalue weighted by Gasteiger charge is 2.36. The number of hydrogen-bond donors (Lipinski definition) is 1. The van der Waals surface area contributed by atoms with Gasteiger partial charge in [0.1, 0.15) is 13.2 Å². The second kappa shape index (κ2) is 7.78. The molecule has 4 rings (SSSR count). The molecule has 2 heterocycles. The van der Waals surface area contributed by atoms with E-state index in [2.05, 4.69) is 25.2 Å². The number of para-hydroxylation sites is 1. The van der Waals surface area contributed by atoms with E-state index >= 15 is 0 Å². The van der Waals surface area contributed by atoms with Crippen molar-refractivity contribution in [2.45, 2.75) is 33.1 Å². The number of amides is 2. The molecule has 2 aromatic carbocycles. The van der Waals surface area contributed by atoms with Crippen molar-refractivity contribution in [2.75, 3.05) is 30.0 Å². The fourth-order valence-corrected chi connectivity index (χ4v) is 3.98. The predicted octanol–water partition coefficient (Wildman–Crippen LogP) is 3.88. The molecule has 0 bridgehead atoms.